The van der Waals surface area contributed by atoms with Crippen molar-refractivity contribution in [1.29, 1.82) is 0 Å². The number of fused-ring (bicyclic) bond motifs is 1. The van der Waals surface area contributed by atoms with Gasteiger partial charge in [0.25, 0.3) is 0 Å². The number of nitrogens with zero attached hydrogens (tertiary/aromatic N) is 1. The molecule has 1 aromatic rings. The number of hydrogen-bond donors (Lipinski definition) is 1. The molecule has 1 aromatic carbocycles. The van der Waals surface area contributed by atoms with E-state index in [1.54, 1.807) is 0 Å². The summed E-state index contributed by atoms with van der Waals surface area (Å²) < 4.78 is 5.76. The highest BCUT2D eigenvalue weighted by molar-refractivity contribution is 5.39. The van der Waals surface area contributed by atoms with E-state index < -0.39 is 0 Å². The Kier molecular flexibility index (Phi) is 5.44. The van der Waals surface area contributed by atoms with Crippen molar-refractivity contribution < 1.29 is 4.74 Å². The molecule has 3 heteroatoms. The molecule has 0 fully saturated rings. The van der Waals surface area contributed by atoms with Crippen LogP contribution in [-0.2, 0) is 0 Å². The van der Waals surface area contributed by atoms with E-state index >= 15 is 0 Å². The van der Waals surface area contributed by atoms with Crippen LogP contribution in [0.5, 0.6) is 5.75 Å². The summed E-state index contributed by atoms with van der Waals surface area (Å²) in [5.41, 5.74) is 1.35. The summed E-state index contributed by atoms with van der Waals surface area (Å²) in [5.74, 6) is 2.27. The second-order valence-corrected chi connectivity index (χ2v) is 6.54. The van der Waals surface area contributed by atoms with Crippen molar-refractivity contribution >= 4 is 0 Å². The average Bonchev–Trinajstić information content (AvgIpc) is 2.78. The Morgan fingerprint density at radius 1 is 1.30 bits per heavy atom. The number of para-hydroxylation sites is 1. The number of hydrogen-bond acceptors (Lipinski definition) is 3. The smallest absolute Gasteiger partial charge is 0.122 e. The van der Waals surface area contributed by atoms with Gasteiger partial charge >= 0.3 is 0 Å². The van der Waals surface area contributed by atoms with Crippen LogP contribution in [0.25, 0.3) is 0 Å². The van der Waals surface area contributed by atoms with Gasteiger partial charge in [0.1, 0.15) is 5.75 Å². The van der Waals surface area contributed by atoms with Gasteiger partial charge in [0.2, 0.25) is 0 Å². The molecule has 0 saturated heterocycles. The van der Waals surface area contributed by atoms with Crippen molar-refractivity contribution in [3.63, 3.8) is 0 Å². The molecule has 1 aliphatic heterocycles. The van der Waals surface area contributed by atoms with E-state index in [0.717, 1.165) is 31.4 Å². The Bertz CT molecular complexity index is 407. The summed E-state index contributed by atoms with van der Waals surface area (Å²) in [6, 6.07) is 8.96. The lowest BCUT2D eigenvalue weighted by atomic mass is 9.99. The largest absolute Gasteiger partial charge is 0.493 e. The van der Waals surface area contributed by atoms with E-state index in [2.05, 4.69) is 56.4 Å². The van der Waals surface area contributed by atoms with Crippen LogP contribution < -0.4 is 10.1 Å². The summed E-state index contributed by atoms with van der Waals surface area (Å²) >= 11 is 0. The second-order valence-electron chi connectivity index (χ2n) is 6.54. The molecule has 0 radical (unpaired) electrons. The van der Waals surface area contributed by atoms with Crippen molar-refractivity contribution in [2.24, 2.45) is 5.92 Å². The van der Waals surface area contributed by atoms with Crippen molar-refractivity contribution in [2.45, 2.75) is 32.2 Å². The van der Waals surface area contributed by atoms with Crippen LogP contribution in [0.1, 0.15) is 31.7 Å². The molecule has 2 unspecified atom stereocenters. The van der Waals surface area contributed by atoms with Crippen LogP contribution in [-0.4, -0.2) is 44.7 Å². The predicted octanol–water partition coefficient (Wildman–Crippen LogP) is 2.73. The van der Waals surface area contributed by atoms with Crippen LogP contribution in [0, 0.1) is 5.92 Å². The molecule has 112 valence electrons. The SMILES string of the molecule is CC(C)CC(CN(C)C)NCC1COc2ccccc21. The zero-order valence-corrected chi connectivity index (χ0v) is 13.2. The van der Waals surface area contributed by atoms with E-state index in [1.165, 1.54) is 12.0 Å². The van der Waals surface area contributed by atoms with Gasteiger partial charge in [-0.05, 0) is 32.5 Å². The van der Waals surface area contributed by atoms with Crippen molar-refractivity contribution in [1.82, 2.24) is 10.2 Å². The molecule has 1 heterocycles. The lowest BCUT2D eigenvalue weighted by molar-refractivity contribution is 0.286. The monoisotopic (exact) mass is 276 g/mol. The minimum atomic E-state index is 0.489. The van der Waals surface area contributed by atoms with Crippen LogP contribution >= 0.6 is 0 Å². The Hall–Kier alpha value is -1.06. The fourth-order valence-corrected chi connectivity index (χ4v) is 2.94. The first-order valence-electron chi connectivity index (χ1n) is 7.66. The zero-order chi connectivity index (χ0) is 14.5. The Morgan fingerprint density at radius 2 is 2.05 bits per heavy atom. The third-order valence-corrected chi connectivity index (χ3v) is 3.79. The maximum Gasteiger partial charge on any atom is 0.122 e. The van der Waals surface area contributed by atoms with Gasteiger partial charge in [-0.3, -0.25) is 0 Å². The fourth-order valence-electron chi connectivity index (χ4n) is 2.94. The zero-order valence-electron chi connectivity index (χ0n) is 13.2. The number of benzene rings is 1. The topological polar surface area (TPSA) is 24.5 Å². The Labute approximate surface area is 123 Å². The highest BCUT2D eigenvalue weighted by atomic mass is 16.5. The van der Waals surface area contributed by atoms with Crippen molar-refractivity contribution in [2.75, 3.05) is 33.8 Å². The Morgan fingerprint density at radius 3 is 2.75 bits per heavy atom. The first-order valence-corrected chi connectivity index (χ1v) is 7.66. The van der Waals surface area contributed by atoms with Gasteiger partial charge in [0.05, 0.1) is 6.61 Å². The fraction of sp³-hybridized carbons (Fsp3) is 0.647. The first kappa shape index (κ1) is 15.3. The summed E-state index contributed by atoms with van der Waals surface area (Å²) in [7, 11) is 4.28. The molecule has 2 atom stereocenters. The minimum absolute atomic E-state index is 0.489. The maximum absolute atomic E-state index is 5.76. The highest BCUT2D eigenvalue weighted by Crippen LogP contribution is 2.32. The minimum Gasteiger partial charge on any atom is -0.493 e. The van der Waals surface area contributed by atoms with Crippen molar-refractivity contribution in [3.05, 3.63) is 29.8 Å². The van der Waals surface area contributed by atoms with Gasteiger partial charge in [0.15, 0.2) is 0 Å². The molecule has 2 rings (SSSR count). The van der Waals surface area contributed by atoms with E-state index in [0.29, 0.717) is 12.0 Å². The van der Waals surface area contributed by atoms with Crippen molar-refractivity contribution in [3.8, 4) is 5.75 Å². The molecule has 3 nitrogen and oxygen atoms in total. The number of ether oxygens (including phenoxy) is 1. The van der Waals surface area contributed by atoms with Crippen LogP contribution in [0.2, 0.25) is 0 Å². The van der Waals surface area contributed by atoms with Gasteiger partial charge < -0.3 is 15.0 Å². The lowest BCUT2D eigenvalue weighted by Crippen LogP contribution is -2.41. The van der Waals surface area contributed by atoms with E-state index in [4.69, 9.17) is 4.74 Å². The normalized spacial score (nSPS) is 19.2. The van der Waals surface area contributed by atoms with Gasteiger partial charge in [-0.1, -0.05) is 32.0 Å². The van der Waals surface area contributed by atoms with Crippen LogP contribution in [0.3, 0.4) is 0 Å². The quantitative estimate of drug-likeness (QED) is 0.829. The summed E-state index contributed by atoms with van der Waals surface area (Å²) in [6.45, 7) is 7.48. The van der Waals surface area contributed by atoms with Gasteiger partial charge in [-0.2, -0.15) is 0 Å². The molecule has 1 aliphatic rings. The van der Waals surface area contributed by atoms with Crippen LogP contribution in [0.15, 0.2) is 24.3 Å². The first-order chi connectivity index (χ1) is 9.56. The van der Waals surface area contributed by atoms with Crippen LogP contribution in [0.4, 0.5) is 0 Å². The van der Waals surface area contributed by atoms with Gasteiger partial charge in [0, 0.05) is 30.6 Å². The Balaban J connectivity index is 1.89. The molecule has 0 spiro atoms. The molecular formula is C17H28N2O. The van der Waals surface area contributed by atoms with Gasteiger partial charge in [-0.15, -0.1) is 0 Å². The molecule has 0 saturated carbocycles. The molecule has 0 bridgehead atoms. The average molecular weight is 276 g/mol. The van der Waals surface area contributed by atoms with E-state index in [9.17, 15) is 0 Å². The third-order valence-electron chi connectivity index (χ3n) is 3.79. The number of nitrogens with one attached hydrogen (secondary N) is 1. The number of likely N-dealkylation sites (N-methyl/N-ethyl adjacent to an activating group) is 1. The molecule has 0 amide bonds. The standard InChI is InChI=1S/C17H28N2O/c1-13(2)9-15(11-19(3)4)18-10-14-12-20-17-8-6-5-7-16(14)17/h5-8,13-15,18H,9-12H2,1-4H3. The molecule has 1 N–H and O–H groups in total. The van der Waals surface area contributed by atoms with Gasteiger partial charge in [-0.25, -0.2) is 0 Å². The highest BCUT2D eigenvalue weighted by Gasteiger charge is 2.24. The molecule has 0 aliphatic carbocycles. The third kappa shape index (κ3) is 4.22. The summed E-state index contributed by atoms with van der Waals surface area (Å²) in [6.07, 6.45) is 1.22. The van der Waals surface area contributed by atoms with E-state index in [-0.39, 0.29) is 0 Å². The summed E-state index contributed by atoms with van der Waals surface area (Å²) in [4.78, 5) is 2.26. The molecular weight excluding hydrogens is 248 g/mol. The lowest BCUT2D eigenvalue weighted by Gasteiger charge is -2.25. The molecule has 20 heavy (non-hydrogen) atoms. The second kappa shape index (κ2) is 7.09. The maximum atomic E-state index is 5.76. The predicted molar refractivity (Wildman–Crippen MR) is 84.5 cm³/mol. The molecule has 0 aromatic heterocycles. The number of rotatable bonds is 7. The summed E-state index contributed by atoms with van der Waals surface area (Å²) in [5, 5.41) is 3.74. The van der Waals surface area contributed by atoms with E-state index in [1.807, 2.05) is 6.07 Å².